The molecule has 1 amide bonds. The molecule has 2 N–H and O–H groups in total. The van der Waals surface area contributed by atoms with Crippen molar-refractivity contribution in [1.29, 1.82) is 0 Å². The number of primary sulfonamides is 1. The Morgan fingerprint density at radius 1 is 1.33 bits per heavy atom. The first kappa shape index (κ1) is 16.5. The molecule has 1 saturated heterocycles. The van der Waals surface area contributed by atoms with Crippen molar-refractivity contribution < 1.29 is 13.2 Å². The summed E-state index contributed by atoms with van der Waals surface area (Å²) in [5.74, 6) is 0.512. The van der Waals surface area contributed by atoms with Crippen LogP contribution in [0.15, 0.2) is 15.7 Å². The van der Waals surface area contributed by atoms with Gasteiger partial charge in [-0.1, -0.05) is 20.8 Å². The van der Waals surface area contributed by atoms with Gasteiger partial charge >= 0.3 is 0 Å². The summed E-state index contributed by atoms with van der Waals surface area (Å²) in [6.45, 7) is 8.13. The monoisotopic (exact) mass is 330 g/mol. The van der Waals surface area contributed by atoms with Crippen LogP contribution < -0.4 is 5.14 Å². The number of rotatable bonds is 2. The summed E-state index contributed by atoms with van der Waals surface area (Å²) < 4.78 is 22.6. The molecular formula is C14H22N2O3S2. The number of amides is 1. The second-order valence-electron chi connectivity index (χ2n) is 6.63. The van der Waals surface area contributed by atoms with E-state index in [1.165, 1.54) is 6.07 Å². The molecule has 21 heavy (non-hydrogen) atoms. The second-order valence-corrected chi connectivity index (χ2v) is 9.33. The lowest BCUT2D eigenvalue weighted by Crippen LogP contribution is -2.41. The molecule has 0 radical (unpaired) electrons. The van der Waals surface area contributed by atoms with Crippen LogP contribution in [0.3, 0.4) is 0 Å². The molecule has 118 valence electrons. The first-order valence-electron chi connectivity index (χ1n) is 6.99. The van der Waals surface area contributed by atoms with Crippen molar-refractivity contribution in [3.63, 3.8) is 0 Å². The molecule has 1 aliphatic heterocycles. The molecule has 1 aliphatic rings. The highest BCUT2D eigenvalue weighted by atomic mass is 32.2. The molecule has 0 spiro atoms. The molecule has 0 bridgehead atoms. The van der Waals surface area contributed by atoms with E-state index in [1.807, 2.05) is 0 Å². The molecule has 0 saturated carbocycles. The molecule has 0 aromatic carbocycles. The standard InChI is InChI=1S/C14H22N2O3S2/c1-14(2,3)11-4-6-16(7-5-11)13(17)10-8-12(20-9-10)21(15,18)19/h8-9,11H,4-7H2,1-3H3,(H2,15,18,19). The minimum absolute atomic E-state index is 0.0374. The smallest absolute Gasteiger partial charge is 0.254 e. The maximum absolute atomic E-state index is 12.4. The van der Waals surface area contributed by atoms with Crippen molar-refractivity contribution in [1.82, 2.24) is 4.90 Å². The number of nitrogens with zero attached hydrogens (tertiary/aromatic N) is 1. The van der Waals surface area contributed by atoms with Crippen LogP contribution in [0.5, 0.6) is 0 Å². The van der Waals surface area contributed by atoms with Crippen molar-refractivity contribution in [3.05, 3.63) is 17.0 Å². The van der Waals surface area contributed by atoms with E-state index in [2.05, 4.69) is 20.8 Å². The summed E-state index contributed by atoms with van der Waals surface area (Å²) in [4.78, 5) is 14.2. The molecule has 0 atom stereocenters. The van der Waals surface area contributed by atoms with Crippen molar-refractivity contribution in [2.45, 2.75) is 37.8 Å². The van der Waals surface area contributed by atoms with Crippen LogP contribution in [0.4, 0.5) is 0 Å². The van der Waals surface area contributed by atoms with Crippen molar-refractivity contribution in [2.24, 2.45) is 16.5 Å². The van der Waals surface area contributed by atoms with Gasteiger partial charge in [-0.15, -0.1) is 11.3 Å². The summed E-state index contributed by atoms with van der Waals surface area (Å²) in [6, 6.07) is 1.37. The van der Waals surface area contributed by atoms with Gasteiger partial charge in [0, 0.05) is 18.5 Å². The van der Waals surface area contributed by atoms with E-state index < -0.39 is 10.0 Å². The second kappa shape index (κ2) is 5.70. The highest BCUT2D eigenvalue weighted by molar-refractivity contribution is 7.91. The molecule has 1 aromatic rings. The number of likely N-dealkylation sites (tertiary alicyclic amines) is 1. The number of hydrogen-bond acceptors (Lipinski definition) is 4. The lowest BCUT2D eigenvalue weighted by Gasteiger charge is -2.38. The minimum Gasteiger partial charge on any atom is -0.339 e. The Morgan fingerprint density at radius 3 is 2.33 bits per heavy atom. The quantitative estimate of drug-likeness (QED) is 0.903. The highest BCUT2D eigenvalue weighted by Crippen LogP contribution is 2.34. The number of thiophene rings is 1. The zero-order valence-corrected chi connectivity index (χ0v) is 14.3. The fourth-order valence-electron chi connectivity index (χ4n) is 2.71. The van der Waals surface area contributed by atoms with E-state index in [1.54, 1.807) is 10.3 Å². The Labute approximate surface area is 130 Å². The molecular weight excluding hydrogens is 308 g/mol. The molecule has 5 nitrogen and oxygen atoms in total. The van der Waals surface area contributed by atoms with Crippen LogP contribution in [-0.4, -0.2) is 32.3 Å². The number of piperidine rings is 1. The van der Waals surface area contributed by atoms with Crippen LogP contribution in [-0.2, 0) is 10.0 Å². The lowest BCUT2D eigenvalue weighted by molar-refractivity contribution is 0.0609. The lowest BCUT2D eigenvalue weighted by atomic mass is 9.75. The predicted molar refractivity (Wildman–Crippen MR) is 83.8 cm³/mol. The molecule has 1 fully saturated rings. The van der Waals surface area contributed by atoms with Gasteiger partial charge in [-0.2, -0.15) is 0 Å². The van der Waals surface area contributed by atoms with E-state index in [4.69, 9.17) is 5.14 Å². The topological polar surface area (TPSA) is 80.5 Å². The summed E-state index contributed by atoms with van der Waals surface area (Å²) in [6.07, 6.45) is 1.98. The third kappa shape index (κ3) is 3.84. The third-order valence-electron chi connectivity index (χ3n) is 4.11. The molecule has 2 heterocycles. The Kier molecular flexibility index (Phi) is 4.46. The zero-order chi connectivity index (χ0) is 15.8. The van der Waals surface area contributed by atoms with Gasteiger partial charge in [0.05, 0.1) is 5.56 Å². The summed E-state index contributed by atoms with van der Waals surface area (Å²) >= 11 is 0.993. The van der Waals surface area contributed by atoms with Gasteiger partial charge in [0.2, 0.25) is 10.0 Å². The van der Waals surface area contributed by atoms with E-state index in [9.17, 15) is 13.2 Å². The van der Waals surface area contributed by atoms with Crippen molar-refractivity contribution >= 4 is 27.3 Å². The SMILES string of the molecule is CC(C)(C)C1CCN(C(=O)c2csc(S(N)(=O)=O)c2)CC1. The van der Waals surface area contributed by atoms with Crippen LogP contribution in [0, 0.1) is 11.3 Å². The van der Waals surface area contributed by atoms with E-state index >= 15 is 0 Å². The highest BCUT2D eigenvalue weighted by Gasteiger charge is 2.31. The first-order chi connectivity index (χ1) is 9.59. The fourth-order valence-corrected chi connectivity index (χ4v) is 4.29. The van der Waals surface area contributed by atoms with Crippen molar-refractivity contribution in [3.8, 4) is 0 Å². The number of nitrogens with two attached hydrogens (primary N) is 1. The first-order valence-corrected chi connectivity index (χ1v) is 9.42. The van der Waals surface area contributed by atoms with Gasteiger partial charge in [-0.05, 0) is 30.2 Å². The molecule has 2 rings (SSSR count). The number of hydrogen-bond donors (Lipinski definition) is 1. The maximum Gasteiger partial charge on any atom is 0.254 e. The molecule has 7 heteroatoms. The number of carbonyl (C=O) groups excluding carboxylic acids is 1. The van der Waals surface area contributed by atoms with Crippen LogP contribution in [0.2, 0.25) is 0 Å². The summed E-state index contributed by atoms with van der Waals surface area (Å²) in [7, 11) is -3.73. The van der Waals surface area contributed by atoms with Gasteiger partial charge < -0.3 is 4.90 Å². The average molecular weight is 330 g/mol. The minimum atomic E-state index is -3.73. The van der Waals surface area contributed by atoms with Gasteiger partial charge in [-0.3, -0.25) is 4.79 Å². The van der Waals surface area contributed by atoms with E-state index in [0.717, 1.165) is 37.3 Å². The van der Waals surface area contributed by atoms with Crippen LogP contribution >= 0.6 is 11.3 Å². The number of sulfonamides is 1. The van der Waals surface area contributed by atoms with Crippen molar-refractivity contribution in [2.75, 3.05) is 13.1 Å². The summed E-state index contributed by atoms with van der Waals surface area (Å²) in [5, 5.41) is 6.64. The fraction of sp³-hybridized carbons (Fsp3) is 0.643. The normalized spacial score (nSPS) is 18.0. The Hall–Kier alpha value is -0.920. The molecule has 0 aliphatic carbocycles. The van der Waals surface area contributed by atoms with Gasteiger partial charge in [0.25, 0.3) is 5.91 Å². The van der Waals surface area contributed by atoms with Gasteiger partial charge in [-0.25, -0.2) is 13.6 Å². The van der Waals surface area contributed by atoms with Crippen LogP contribution in [0.25, 0.3) is 0 Å². The molecule has 0 unspecified atom stereocenters. The third-order valence-corrected chi connectivity index (χ3v) is 6.50. The average Bonchev–Trinajstić information content (AvgIpc) is 2.86. The largest absolute Gasteiger partial charge is 0.339 e. The number of carbonyl (C=O) groups is 1. The maximum atomic E-state index is 12.4. The Bertz CT molecular complexity index is 621. The van der Waals surface area contributed by atoms with E-state index in [-0.39, 0.29) is 15.5 Å². The molecule has 1 aromatic heterocycles. The van der Waals surface area contributed by atoms with Gasteiger partial charge in [0.1, 0.15) is 4.21 Å². The van der Waals surface area contributed by atoms with E-state index in [0.29, 0.717) is 11.5 Å². The zero-order valence-electron chi connectivity index (χ0n) is 12.6. The predicted octanol–water partition coefficient (Wildman–Crippen LogP) is 2.29. The Balaban J connectivity index is 2.04. The summed E-state index contributed by atoms with van der Waals surface area (Å²) in [5.41, 5.74) is 0.677. The van der Waals surface area contributed by atoms with Gasteiger partial charge in [0.15, 0.2) is 0 Å². The Morgan fingerprint density at radius 2 is 1.90 bits per heavy atom. The van der Waals surface area contributed by atoms with Crippen LogP contribution in [0.1, 0.15) is 44.0 Å².